The van der Waals surface area contributed by atoms with Gasteiger partial charge >= 0.3 is 0 Å². The van der Waals surface area contributed by atoms with E-state index in [4.69, 9.17) is 4.74 Å². The molecule has 0 aliphatic carbocycles. The quantitative estimate of drug-likeness (QED) is 0.936. The summed E-state index contributed by atoms with van der Waals surface area (Å²) in [5, 5.41) is 4.88. The number of carbonyl (C=O) groups is 1. The van der Waals surface area contributed by atoms with Crippen LogP contribution < -0.4 is 10.1 Å². The molecule has 20 heavy (non-hydrogen) atoms. The van der Waals surface area contributed by atoms with Crippen LogP contribution in [0.1, 0.15) is 21.9 Å². The van der Waals surface area contributed by atoms with E-state index in [1.807, 2.05) is 23.8 Å². The molecule has 0 saturated heterocycles. The highest BCUT2D eigenvalue weighted by molar-refractivity contribution is 7.12. The van der Waals surface area contributed by atoms with Crippen molar-refractivity contribution in [2.75, 3.05) is 13.7 Å². The molecule has 0 spiro atoms. The Bertz CT molecular complexity index is 605. The number of aromatic nitrogens is 2. The standard InChI is InChI=1S/C14H17N3O2S/c1-19-11-4-7-20-13(11)14(18)16-8-10-2-3-12-15-5-6-17(12)9-10/h4-7,10H,2-3,8-9H2,1H3,(H,16,18)/t10-/m0/s1. The SMILES string of the molecule is COc1ccsc1C(=O)NC[C@@H]1CCc2nccn2C1. The number of ether oxygens (including phenoxy) is 1. The van der Waals surface area contributed by atoms with Gasteiger partial charge in [0.25, 0.3) is 5.91 Å². The summed E-state index contributed by atoms with van der Waals surface area (Å²) in [6.07, 6.45) is 5.90. The third-order valence-corrected chi connectivity index (χ3v) is 4.53. The summed E-state index contributed by atoms with van der Waals surface area (Å²) in [6, 6.07) is 1.82. The second-order valence-corrected chi connectivity index (χ2v) is 5.84. The van der Waals surface area contributed by atoms with Crippen molar-refractivity contribution in [1.29, 1.82) is 0 Å². The van der Waals surface area contributed by atoms with E-state index in [1.54, 1.807) is 7.11 Å². The number of nitrogens with zero attached hydrogens (tertiary/aromatic N) is 2. The Morgan fingerprint density at radius 2 is 2.55 bits per heavy atom. The van der Waals surface area contributed by atoms with Crippen molar-refractivity contribution < 1.29 is 9.53 Å². The van der Waals surface area contributed by atoms with Crippen molar-refractivity contribution in [3.63, 3.8) is 0 Å². The van der Waals surface area contributed by atoms with Gasteiger partial charge in [-0.05, 0) is 23.8 Å². The fourth-order valence-corrected chi connectivity index (χ4v) is 3.32. The molecule has 1 aliphatic rings. The highest BCUT2D eigenvalue weighted by Gasteiger charge is 2.20. The lowest BCUT2D eigenvalue weighted by Crippen LogP contribution is -2.33. The average Bonchev–Trinajstić information content (AvgIpc) is 3.12. The minimum Gasteiger partial charge on any atom is -0.495 e. The number of nitrogens with one attached hydrogen (secondary N) is 1. The van der Waals surface area contributed by atoms with Crippen LogP contribution in [0.25, 0.3) is 0 Å². The van der Waals surface area contributed by atoms with Crippen molar-refractivity contribution in [1.82, 2.24) is 14.9 Å². The van der Waals surface area contributed by atoms with E-state index in [-0.39, 0.29) is 5.91 Å². The summed E-state index contributed by atoms with van der Waals surface area (Å²) < 4.78 is 7.34. The Morgan fingerprint density at radius 1 is 1.65 bits per heavy atom. The lowest BCUT2D eigenvalue weighted by Gasteiger charge is -2.23. The lowest BCUT2D eigenvalue weighted by molar-refractivity contribution is 0.0945. The molecule has 1 N–H and O–H groups in total. The zero-order valence-corrected chi connectivity index (χ0v) is 12.2. The number of imidazole rings is 1. The minimum absolute atomic E-state index is 0.0479. The lowest BCUT2D eigenvalue weighted by atomic mass is 9.99. The van der Waals surface area contributed by atoms with Gasteiger partial charge in [-0.3, -0.25) is 4.79 Å². The largest absolute Gasteiger partial charge is 0.495 e. The van der Waals surface area contributed by atoms with Crippen molar-refractivity contribution in [2.24, 2.45) is 5.92 Å². The van der Waals surface area contributed by atoms with E-state index in [9.17, 15) is 4.79 Å². The molecule has 1 aliphatic heterocycles. The summed E-state index contributed by atoms with van der Waals surface area (Å²) in [4.78, 5) is 17.1. The topological polar surface area (TPSA) is 56.1 Å². The number of thiophene rings is 1. The van der Waals surface area contributed by atoms with Crippen molar-refractivity contribution in [3.05, 3.63) is 34.5 Å². The predicted octanol–water partition coefficient (Wildman–Crippen LogP) is 1.95. The molecule has 0 unspecified atom stereocenters. The monoisotopic (exact) mass is 291 g/mol. The molecule has 0 radical (unpaired) electrons. The van der Waals surface area contributed by atoms with E-state index in [0.717, 1.165) is 25.2 Å². The van der Waals surface area contributed by atoms with Gasteiger partial charge in [-0.2, -0.15) is 0 Å². The first-order chi connectivity index (χ1) is 9.78. The third-order valence-electron chi connectivity index (χ3n) is 3.64. The first kappa shape index (κ1) is 13.2. The van der Waals surface area contributed by atoms with Gasteiger partial charge < -0.3 is 14.6 Å². The average molecular weight is 291 g/mol. The van der Waals surface area contributed by atoms with Crippen LogP contribution in [0.5, 0.6) is 5.75 Å². The number of fused-ring (bicyclic) bond motifs is 1. The van der Waals surface area contributed by atoms with Gasteiger partial charge in [0, 0.05) is 31.9 Å². The van der Waals surface area contributed by atoms with E-state index < -0.39 is 0 Å². The number of carbonyl (C=O) groups excluding carboxylic acids is 1. The van der Waals surface area contributed by atoms with Crippen molar-refractivity contribution >= 4 is 17.2 Å². The molecule has 0 bridgehead atoms. The molecule has 6 heteroatoms. The van der Waals surface area contributed by atoms with Gasteiger partial charge in [0.15, 0.2) is 0 Å². The Balaban J connectivity index is 1.57. The van der Waals surface area contributed by atoms with Gasteiger partial charge in [0.05, 0.1) is 7.11 Å². The Morgan fingerprint density at radius 3 is 3.40 bits per heavy atom. The summed E-state index contributed by atoms with van der Waals surface area (Å²) in [6.45, 7) is 1.62. The highest BCUT2D eigenvalue weighted by Crippen LogP contribution is 2.24. The number of hydrogen-bond donors (Lipinski definition) is 1. The summed E-state index contributed by atoms with van der Waals surface area (Å²) in [5.41, 5.74) is 0. The molecule has 5 nitrogen and oxygen atoms in total. The molecule has 2 aromatic heterocycles. The van der Waals surface area contributed by atoms with Gasteiger partial charge in [0.1, 0.15) is 16.5 Å². The van der Waals surface area contributed by atoms with Crippen molar-refractivity contribution in [3.8, 4) is 5.75 Å². The second-order valence-electron chi connectivity index (χ2n) is 4.93. The molecule has 0 aromatic carbocycles. The molecular formula is C14H17N3O2S. The van der Waals surface area contributed by atoms with Crippen LogP contribution in [0.4, 0.5) is 0 Å². The van der Waals surface area contributed by atoms with Crippen LogP contribution in [0.15, 0.2) is 23.8 Å². The van der Waals surface area contributed by atoms with Gasteiger partial charge in [-0.25, -0.2) is 4.98 Å². The zero-order valence-electron chi connectivity index (χ0n) is 11.3. The molecule has 2 aromatic rings. The Kier molecular flexibility index (Phi) is 3.73. The smallest absolute Gasteiger partial charge is 0.265 e. The number of methoxy groups -OCH3 is 1. The van der Waals surface area contributed by atoms with Crippen molar-refractivity contribution in [2.45, 2.75) is 19.4 Å². The Hall–Kier alpha value is -1.82. The second kappa shape index (κ2) is 5.66. The molecule has 0 fully saturated rings. The fraction of sp³-hybridized carbons (Fsp3) is 0.429. The minimum atomic E-state index is -0.0479. The third kappa shape index (κ3) is 2.56. The van der Waals surface area contributed by atoms with E-state index in [0.29, 0.717) is 23.1 Å². The van der Waals surface area contributed by atoms with Crippen LogP contribution in [-0.4, -0.2) is 29.1 Å². The van der Waals surface area contributed by atoms with Gasteiger partial charge in [-0.1, -0.05) is 0 Å². The number of aryl methyl sites for hydroxylation is 1. The van der Waals surface area contributed by atoms with Crippen LogP contribution in [0, 0.1) is 5.92 Å². The highest BCUT2D eigenvalue weighted by atomic mass is 32.1. The maximum Gasteiger partial charge on any atom is 0.265 e. The molecule has 106 valence electrons. The summed E-state index contributed by atoms with van der Waals surface area (Å²) in [5.74, 6) is 2.21. The van der Waals surface area contributed by atoms with E-state index >= 15 is 0 Å². The molecule has 1 amide bonds. The molecule has 0 saturated carbocycles. The van der Waals surface area contributed by atoms with Gasteiger partial charge in [0.2, 0.25) is 0 Å². The predicted molar refractivity (Wildman–Crippen MR) is 77.2 cm³/mol. The summed E-state index contributed by atoms with van der Waals surface area (Å²) in [7, 11) is 1.58. The number of amides is 1. The number of hydrogen-bond acceptors (Lipinski definition) is 4. The zero-order chi connectivity index (χ0) is 13.9. The van der Waals surface area contributed by atoms with E-state index in [1.165, 1.54) is 11.3 Å². The maximum absolute atomic E-state index is 12.1. The maximum atomic E-state index is 12.1. The van der Waals surface area contributed by atoms with Crippen LogP contribution in [-0.2, 0) is 13.0 Å². The molecule has 3 heterocycles. The van der Waals surface area contributed by atoms with Crippen LogP contribution in [0.2, 0.25) is 0 Å². The van der Waals surface area contributed by atoms with Crippen LogP contribution >= 0.6 is 11.3 Å². The first-order valence-corrected chi connectivity index (χ1v) is 7.55. The van der Waals surface area contributed by atoms with E-state index in [2.05, 4.69) is 14.9 Å². The molecule has 3 rings (SSSR count). The summed E-state index contributed by atoms with van der Waals surface area (Å²) >= 11 is 1.41. The number of rotatable bonds is 4. The first-order valence-electron chi connectivity index (χ1n) is 6.67. The molecule has 1 atom stereocenters. The molecular weight excluding hydrogens is 274 g/mol. The van der Waals surface area contributed by atoms with Gasteiger partial charge in [-0.15, -0.1) is 11.3 Å². The normalized spacial score (nSPS) is 17.6. The fourth-order valence-electron chi connectivity index (χ4n) is 2.54. The Labute approximate surface area is 121 Å². The van der Waals surface area contributed by atoms with Crippen LogP contribution in [0.3, 0.4) is 0 Å².